The molecule has 19 heavy (non-hydrogen) atoms. The van der Waals surface area contributed by atoms with Crippen molar-refractivity contribution in [3.8, 4) is 5.75 Å². The molecule has 0 bridgehead atoms. The van der Waals surface area contributed by atoms with Gasteiger partial charge in [-0.15, -0.1) is 0 Å². The van der Waals surface area contributed by atoms with Crippen LogP contribution in [0.4, 0.5) is 5.69 Å². The van der Waals surface area contributed by atoms with Crippen molar-refractivity contribution in [2.24, 2.45) is 12.0 Å². The molecule has 0 saturated carbocycles. The van der Waals surface area contributed by atoms with Crippen LogP contribution in [0.2, 0.25) is 0 Å². The third-order valence-corrected chi connectivity index (χ3v) is 3.94. The molecule has 4 nitrogen and oxygen atoms in total. The van der Waals surface area contributed by atoms with Gasteiger partial charge in [0.05, 0.1) is 18.4 Å². The van der Waals surface area contributed by atoms with Gasteiger partial charge in [-0.3, -0.25) is 4.79 Å². The lowest BCUT2D eigenvalue weighted by Gasteiger charge is -1.98. The monoisotopic (exact) mass is 276 g/mol. The Balaban J connectivity index is 2.53. The quantitative estimate of drug-likeness (QED) is 0.809. The first-order valence-corrected chi connectivity index (χ1v) is 6.67. The summed E-state index contributed by atoms with van der Waals surface area (Å²) < 4.78 is 7.81. The lowest BCUT2D eigenvalue weighted by Crippen LogP contribution is -2.08. The Hall–Kier alpha value is -1.88. The third kappa shape index (κ3) is 2.76. The van der Waals surface area contributed by atoms with E-state index in [0.717, 1.165) is 21.8 Å². The molecule has 100 valence electrons. The van der Waals surface area contributed by atoms with Crippen molar-refractivity contribution >= 4 is 23.0 Å². The minimum atomic E-state index is 0.0432. The lowest BCUT2D eigenvalue weighted by atomic mass is 10.2. The SMILES string of the molecule is COc1ccc(N=c2sn(C)c(C)c2C(C)=O)cc1. The van der Waals surface area contributed by atoms with Gasteiger partial charge in [-0.2, -0.15) is 0 Å². The topological polar surface area (TPSA) is 43.6 Å². The molecule has 1 heterocycles. The number of benzene rings is 1. The van der Waals surface area contributed by atoms with E-state index in [1.807, 2.05) is 42.2 Å². The molecule has 2 aromatic rings. The zero-order valence-corrected chi connectivity index (χ0v) is 12.2. The summed E-state index contributed by atoms with van der Waals surface area (Å²) in [6.07, 6.45) is 0. The Morgan fingerprint density at radius 1 is 1.32 bits per heavy atom. The van der Waals surface area contributed by atoms with E-state index >= 15 is 0 Å². The number of Topliss-reactive ketones (excluding diaryl/α,β-unsaturated/α-hetero) is 1. The van der Waals surface area contributed by atoms with E-state index in [2.05, 4.69) is 4.99 Å². The van der Waals surface area contributed by atoms with Crippen molar-refractivity contribution in [1.29, 1.82) is 0 Å². The molecule has 5 heteroatoms. The van der Waals surface area contributed by atoms with Crippen LogP contribution >= 0.6 is 11.5 Å². The van der Waals surface area contributed by atoms with Crippen molar-refractivity contribution in [2.75, 3.05) is 7.11 Å². The van der Waals surface area contributed by atoms with Crippen LogP contribution in [0.15, 0.2) is 29.3 Å². The molecule has 0 unspecified atom stereocenters. The summed E-state index contributed by atoms with van der Waals surface area (Å²) >= 11 is 1.47. The van der Waals surface area contributed by atoms with Gasteiger partial charge >= 0.3 is 0 Å². The van der Waals surface area contributed by atoms with Crippen LogP contribution in [0.3, 0.4) is 0 Å². The smallest absolute Gasteiger partial charge is 0.164 e. The summed E-state index contributed by atoms with van der Waals surface area (Å²) in [5.41, 5.74) is 2.46. The first-order valence-electron chi connectivity index (χ1n) is 5.89. The number of carbonyl (C=O) groups is 1. The molecular formula is C14H16N2O2S. The third-order valence-electron chi connectivity index (χ3n) is 2.93. The summed E-state index contributed by atoms with van der Waals surface area (Å²) in [5, 5.41) is 0. The molecule has 0 radical (unpaired) electrons. The summed E-state index contributed by atoms with van der Waals surface area (Å²) in [6.45, 7) is 3.50. The predicted octanol–water partition coefficient (Wildman–Crippen LogP) is 2.84. The molecule has 0 aliphatic heterocycles. The largest absolute Gasteiger partial charge is 0.497 e. The highest BCUT2D eigenvalue weighted by molar-refractivity contribution is 7.04. The number of aryl methyl sites for hydroxylation is 1. The zero-order chi connectivity index (χ0) is 14.0. The maximum atomic E-state index is 11.7. The molecular weight excluding hydrogens is 260 g/mol. The molecule has 1 aromatic carbocycles. The van der Waals surface area contributed by atoms with Crippen molar-refractivity contribution in [2.45, 2.75) is 13.8 Å². The molecule has 0 fully saturated rings. The molecule has 0 N–H and O–H groups in total. The molecule has 0 saturated heterocycles. The first-order chi connectivity index (χ1) is 9.02. The molecule has 0 aliphatic carbocycles. The second-order valence-corrected chi connectivity index (χ2v) is 5.34. The number of methoxy groups -OCH3 is 1. The average molecular weight is 276 g/mol. The lowest BCUT2D eigenvalue weighted by molar-refractivity contribution is 0.101. The number of nitrogens with zero attached hydrogens (tertiary/aromatic N) is 2. The molecule has 2 rings (SSSR count). The highest BCUT2D eigenvalue weighted by Crippen LogP contribution is 2.18. The molecule has 0 atom stereocenters. The second kappa shape index (κ2) is 5.40. The van der Waals surface area contributed by atoms with Crippen molar-refractivity contribution in [3.63, 3.8) is 0 Å². The molecule has 0 spiro atoms. The number of ether oxygens (including phenoxy) is 1. The fourth-order valence-corrected chi connectivity index (χ4v) is 2.83. The number of rotatable bonds is 3. The van der Waals surface area contributed by atoms with Gasteiger partial charge in [0.25, 0.3) is 0 Å². The number of carbonyl (C=O) groups excluding carboxylic acids is 1. The Morgan fingerprint density at radius 2 is 1.95 bits per heavy atom. The first kappa shape index (κ1) is 13.5. The Bertz CT molecular complexity index is 666. The average Bonchev–Trinajstić information content (AvgIpc) is 2.65. The number of hydrogen-bond donors (Lipinski definition) is 0. The second-order valence-electron chi connectivity index (χ2n) is 4.22. The summed E-state index contributed by atoms with van der Waals surface area (Å²) in [4.78, 5) is 16.2. The van der Waals surface area contributed by atoms with E-state index in [-0.39, 0.29) is 5.78 Å². The van der Waals surface area contributed by atoms with Crippen LogP contribution in [-0.4, -0.2) is 16.8 Å². The van der Waals surface area contributed by atoms with Gasteiger partial charge in [0, 0.05) is 12.7 Å². The highest BCUT2D eigenvalue weighted by Gasteiger charge is 2.12. The fraction of sp³-hybridized carbons (Fsp3) is 0.286. The van der Waals surface area contributed by atoms with E-state index in [1.165, 1.54) is 11.5 Å². The van der Waals surface area contributed by atoms with Gasteiger partial charge in [0.2, 0.25) is 0 Å². The van der Waals surface area contributed by atoms with Gasteiger partial charge in [0.15, 0.2) is 5.78 Å². The Morgan fingerprint density at radius 3 is 2.47 bits per heavy atom. The summed E-state index contributed by atoms with van der Waals surface area (Å²) in [5.74, 6) is 0.834. The zero-order valence-electron chi connectivity index (χ0n) is 11.4. The van der Waals surface area contributed by atoms with E-state index in [9.17, 15) is 4.79 Å². The summed E-state index contributed by atoms with van der Waals surface area (Å²) in [6, 6.07) is 7.45. The summed E-state index contributed by atoms with van der Waals surface area (Å²) in [7, 11) is 3.56. The Kier molecular flexibility index (Phi) is 3.85. The molecule has 1 aromatic heterocycles. The van der Waals surface area contributed by atoms with Crippen LogP contribution in [0.5, 0.6) is 5.75 Å². The standard InChI is InChI=1S/C14H16N2O2S/c1-9-13(10(2)17)14(19-16(9)3)15-11-5-7-12(18-4)8-6-11/h5-8H,1-4H3. The van der Waals surface area contributed by atoms with Crippen LogP contribution in [-0.2, 0) is 7.05 Å². The van der Waals surface area contributed by atoms with Crippen LogP contribution in [0, 0.1) is 6.92 Å². The van der Waals surface area contributed by atoms with Crippen molar-refractivity contribution in [3.05, 3.63) is 40.2 Å². The number of hydrogen-bond acceptors (Lipinski definition) is 4. The Labute approximate surface area is 116 Å². The fourth-order valence-electron chi connectivity index (χ4n) is 1.81. The number of ketones is 1. The van der Waals surface area contributed by atoms with Crippen LogP contribution < -0.4 is 9.41 Å². The normalized spacial score (nSPS) is 11.7. The van der Waals surface area contributed by atoms with Gasteiger partial charge in [0.1, 0.15) is 10.4 Å². The van der Waals surface area contributed by atoms with Gasteiger partial charge in [-0.25, -0.2) is 4.99 Å². The van der Waals surface area contributed by atoms with Crippen molar-refractivity contribution in [1.82, 2.24) is 3.96 Å². The minimum absolute atomic E-state index is 0.0432. The van der Waals surface area contributed by atoms with E-state index in [4.69, 9.17) is 4.74 Å². The van der Waals surface area contributed by atoms with Crippen LogP contribution in [0.1, 0.15) is 23.0 Å². The van der Waals surface area contributed by atoms with E-state index in [1.54, 1.807) is 14.0 Å². The molecule has 0 amide bonds. The maximum Gasteiger partial charge on any atom is 0.164 e. The maximum absolute atomic E-state index is 11.7. The van der Waals surface area contributed by atoms with Gasteiger partial charge in [-0.1, -0.05) is 0 Å². The van der Waals surface area contributed by atoms with Crippen LogP contribution in [0.25, 0.3) is 0 Å². The van der Waals surface area contributed by atoms with E-state index in [0.29, 0.717) is 5.56 Å². The van der Waals surface area contributed by atoms with Gasteiger partial charge in [-0.05, 0) is 49.6 Å². The number of aromatic nitrogens is 1. The highest BCUT2D eigenvalue weighted by atomic mass is 32.1. The van der Waals surface area contributed by atoms with E-state index < -0.39 is 0 Å². The minimum Gasteiger partial charge on any atom is -0.497 e. The van der Waals surface area contributed by atoms with Gasteiger partial charge < -0.3 is 8.69 Å². The van der Waals surface area contributed by atoms with Crippen molar-refractivity contribution < 1.29 is 9.53 Å². The predicted molar refractivity (Wildman–Crippen MR) is 76.2 cm³/mol. The molecule has 0 aliphatic rings.